The predicted molar refractivity (Wildman–Crippen MR) is 96.2 cm³/mol. The highest BCUT2D eigenvalue weighted by molar-refractivity contribution is 6.19. The van der Waals surface area contributed by atoms with Crippen LogP contribution in [0.2, 0.25) is 0 Å². The second kappa shape index (κ2) is 8.03. The molecule has 0 radical (unpaired) electrons. The fourth-order valence-electron chi connectivity index (χ4n) is 2.65. The van der Waals surface area contributed by atoms with Crippen LogP contribution in [0.3, 0.4) is 0 Å². The highest BCUT2D eigenvalue weighted by Gasteiger charge is 2.31. The number of esters is 1. The second-order valence-electron chi connectivity index (χ2n) is 6.19. The van der Waals surface area contributed by atoms with E-state index in [0.29, 0.717) is 24.8 Å². The van der Waals surface area contributed by atoms with Crippen molar-refractivity contribution in [1.82, 2.24) is 0 Å². The van der Waals surface area contributed by atoms with Crippen molar-refractivity contribution in [3.05, 3.63) is 39.6 Å². The Kier molecular flexibility index (Phi) is 5.99. The molecule has 1 atom stereocenters. The van der Waals surface area contributed by atoms with Crippen molar-refractivity contribution < 1.29 is 34.1 Å². The van der Waals surface area contributed by atoms with Gasteiger partial charge in [0.15, 0.2) is 5.43 Å². The maximum absolute atomic E-state index is 11.8. The summed E-state index contributed by atoms with van der Waals surface area (Å²) >= 11 is 0. The first kappa shape index (κ1) is 20.2. The Bertz CT molecular complexity index is 929. The lowest BCUT2D eigenvalue weighted by atomic mass is 10.1. The Morgan fingerprint density at radius 1 is 1.19 bits per heavy atom. The van der Waals surface area contributed by atoms with E-state index in [1.54, 1.807) is 6.92 Å². The lowest BCUT2D eigenvalue weighted by molar-refractivity contribution is -0.144. The number of benzene rings is 1. The zero-order valence-electron chi connectivity index (χ0n) is 15.0. The molecule has 0 fully saturated rings. The third-order valence-corrected chi connectivity index (χ3v) is 4.13. The molecule has 8 nitrogen and oxygen atoms in total. The molecule has 2 aromatic rings. The minimum Gasteiger partial charge on any atom is -0.493 e. The van der Waals surface area contributed by atoms with Gasteiger partial charge in [-0.2, -0.15) is 0 Å². The van der Waals surface area contributed by atoms with Crippen LogP contribution in [-0.4, -0.2) is 40.8 Å². The van der Waals surface area contributed by atoms with Gasteiger partial charge in [-0.3, -0.25) is 4.79 Å². The summed E-state index contributed by atoms with van der Waals surface area (Å²) in [5, 5.41) is 18.3. The Morgan fingerprint density at radius 3 is 2.37 bits per heavy atom. The third-order valence-electron chi connectivity index (χ3n) is 4.13. The van der Waals surface area contributed by atoms with Crippen molar-refractivity contribution in [3.8, 4) is 5.75 Å². The number of rotatable bonds is 10. The molecular weight excluding hydrogens is 356 g/mol. The van der Waals surface area contributed by atoms with Crippen LogP contribution in [0.25, 0.3) is 10.8 Å². The lowest BCUT2D eigenvalue weighted by Gasteiger charge is -2.16. The summed E-state index contributed by atoms with van der Waals surface area (Å²) in [5.74, 6) is -3.32. The van der Waals surface area contributed by atoms with Crippen molar-refractivity contribution in [2.75, 3.05) is 6.61 Å². The summed E-state index contributed by atoms with van der Waals surface area (Å²) in [7, 11) is 0. The minimum absolute atomic E-state index is 0.0596. The third kappa shape index (κ3) is 4.33. The summed E-state index contributed by atoms with van der Waals surface area (Å²) in [6.07, 6.45) is 1.32. The van der Waals surface area contributed by atoms with Gasteiger partial charge < -0.3 is 19.7 Å². The average molecular weight is 376 g/mol. The Morgan fingerprint density at radius 2 is 1.85 bits per heavy atom. The van der Waals surface area contributed by atoms with Gasteiger partial charge in [-0.05, 0) is 32.3 Å². The Balaban J connectivity index is 2.03. The first-order valence-corrected chi connectivity index (χ1v) is 8.40. The molecule has 2 aromatic carbocycles. The van der Waals surface area contributed by atoms with E-state index in [4.69, 9.17) is 14.6 Å². The first-order chi connectivity index (χ1) is 12.7. The number of ether oxygens (including phenoxy) is 2. The van der Waals surface area contributed by atoms with Gasteiger partial charge in [0.2, 0.25) is 0 Å². The summed E-state index contributed by atoms with van der Waals surface area (Å²) < 4.78 is 10.8. The highest BCUT2D eigenvalue weighted by Crippen LogP contribution is 2.34. The molecule has 0 spiro atoms. The number of hydrogen-bond donors (Lipinski definition) is 2. The van der Waals surface area contributed by atoms with Crippen LogP contribution in [0, 0.1) is 0 Å². The summed E-state index contributed by atoms with van der Waals surface area (Å²) in [6.45, 7) is 7.11. The summed E-state index contributed by atoms with van der Waals surface area (Å²) in [6, 6.07) is 1.06. The van der Waals surface area contributed by atoms with Crippen LogP contribution >= 0.6 is 0 Å². The minimum atomic E-state index is -1.47. The van der Waals surface area contributed by atoms with Crippen molar-refractivity contribution in [2.24, 2.45) is 0 Å². The van der Waals surface area contributed by atoms with Crippen LogP contribution in [0.15, 0.2) is 23.0 Å². The van der Waals surface area contributed by atoms with E-state index >= 15 is 0 Å². The monoisotopic (exact) mass is 376 g/mol. The van der Waals surface area contributed by atoms with E-state index in [2.05, 4.69) is 6.58 Å². The molecule has 144 valence electrons. The molecule has 0 amide bonds. The number of carbonyl (C=O) groups excluding carboxylic acids is 1. The van der Waals surface area contributed by atoms with E-state index in [9.17, 15) is 24.3 Å². The van der Waals surface area contributed by atoms with Gasteiger partial charge in [0.25, 0.3) is 0 Å². The van der Waals surface area contributed by atoms with Crippen LogP contribution in [-0.2, 0) is 9.53 Å². The highest BCUT2D eigenvalue weighted by atomic mass is 16.5. The van der Waals surface area contributed by atoms with Gasteiger partial charge in [0.05, 0.1) is 28.5 Å². The Hall–Kier alpha value is -3.16. The molecule has 0 aliphatic rings. The van der Waals surface area contributed by atoms with Gasteiger partial charge in [0.1, 0.15) is 11.9 Å². The maximum atomic E-state index is 11.8. The zero-order valence-corrected chi connectivity index (χ0v) is 15.0. The Labute approximate surface area is 154 Å². The molecule has 27 heavy (non-hydrogen) atoms. The molecule has 0 aliphatic heterocycles. The van der Waals surface area contributed by atoms with Crippen LogP contribution in [0.1, 0.15) is 53.8 Å². The fourth-order valence-corrected chi connectivity index (χ4v) is 2.65. The van der Waals surface area contributed by atoms with E-state index < -0.39 is 34.5 Å². The molecule has 8 heteroatoms. The van der Waals surface area contributed by atoms with Gasteiger partial charge in [-0.25, -0.2) is 14.4 Å². The topological polar surface area (TPSA) is 127 Å². The van der Waals surface area contributed by atoms with Gasteiger partial charge in [-0.1, -0.05) is 13.5 Å². The molecule has 0 saturated heterocycles. The van der Waals surface area contributed by atoms with Crippen LogP contribution in [0.5, 0.6) is 5.75 Å². The molecule has 0 aromatic heterocycles. The smallest absolute Gasteiger partial charge is 0.337 e. The normalized spacial score (nSPS) is 12.1. The molecule has 1 unspecified atom stereocenters. The number of fused-ring (bicyclic) bond motifs is 1. The SMILES string of the molecule is C=C(C)C(=O)OC(CC)CCCOc1cc(C(=O)O)c(C(=O)O)c2c(=O)c12. The summed E-state index contributed by atoms with van der Waals surface area (Å²) in [5.41, 5.74) is -1.20. The first-order valence-electron chi connectivity index (χ1n) is 8.40. The van der Waals surface area contributed by atoms with Crippen molar-refractivity contribution in [2.45, 2.75) is 39.2 Å². The van der Waals surface area contributed by atoms with Gasteiger partial charge in [0, 0.05) is 5.57 Å². The molecule has 2 rings (SSSR count). The van der Waals surface area contributed by atoms with Gasteiger partial charge in [-0.15, -0.1) is 0 Å². The maximum Gasteiger partial charge on any atom is 0.337 e. The van der Waals surface area contributed by atoms with Crippen molar-refractivity contribution >= 4 is 28.7 Å². The number of carboxylic acid groups (broad SMARTS) is 2. The van der Waals surface area contributed by atoms with E-state index in [-0.39, 0.29) is 29.2 Å². The fraction of sp³-hybridized carbons (Fsp3) is 0.368. The molecule has 0 saturated carbocycles. The second-order valence-corrected chi connectivity index (χ2v) is 6.19. The number of carbonyl (C=O) groups is 3. The standard InChI is InChI=1S/C19H20O8/c1-4-10(27-19(25)9(2)3)6-5-7-26-12-8-11(17(21)22)13(18(23)24)15-14(12)16(15)20/h8,10H,2,4-7H2,1,3H3,(H,21,22)(H,23,24). The molecule has 0 heterocycles. The van der Waals surface area contributed by atoms with Gasteiger partial charge >= 0.3 is 17.9 Å². The van der Waals surface area contributed by atoms with E-state index in [0.717, 1.165) is 6.07 Å². The van der Waals surface area contributed by atoms with Crippen molar-refractivity contribution in [3.63, 3.8) is 0 Å². The number of hydrogen-bond acceptors (Lipinski definition) is 6. The van der Waals surface area contributed by atoms with Crippen LogP contribution < -0.4 is 10.2 Å². The van der Waals surface area contributed by atoms with Crippen molar-refractivity contribution in [1.29, 1.82) is 0 Å². The number of aromatic carboxylic acids is 2. The van der Waals surface area contributed by atoms with E-state index in [1.807, 2.05) is 6.92 Å². The zero-order chi connectivity index (χ0) is 20.3. The number of carboxylic acids is 2. The molecular formula is C19H20O8. The molecule has 0 aliphatic carbocycles. The lowest BCUT2D eigenvalue weighted by Crippen LogP contribution is -2.18. The van der Waals surface area contributed by atoms with E-state index in [1.165, 1.54) is 0 Å². The average Bonchev–Trinajstić information content (AvgIpc) is 3.27. The summed E-state index contributed by atoms with van der Waals surface area (Å²) in [4.78, 5) is 45.9. The van der Waals surface area contributed by atoms with Crippen LogP contribution in [0.4, 0.5) is 0 Å². The molecule has 2 N–H and O–H groups in total. The molecule has 0 bridgehead atoms. The largest absolute Gasteiger partial charge is 0.493 e. The quantitative estimate of drug-likeness (QED) is 0.368. The predicted octanol–water partition coefficient (Wildman–Crippen LogP) is 2.53.